The van der Waals surface area contributed by atoms with E-state index >= 15 is 0 Å². The zero-order valence-corrected chi connectivity index (χ0v) is 11.7. The van der Waals surface area contributed by atoms with E-state index in [9.17, 15) is 4.79 Å². The van der Waals surface area contributed by atoms with Crippen LogP contribution in [0.15, 0.2) is 43.0 Å². The average Bonchev–Trinajstić information content (AvgIpc) is 2.99. The Morgan fingerprint density at radius 1 is 1.21 bits per heavy atom. The van der Waals surface area contributed by atoms with Crippen LogP contribution in [0.4, 0.5) is 0 Å². The Labute approximate surface area is 115 Å². The van der Waals surface area contributed by atoms with E-state index in [1.807, 2.05) is 12.1 Å². The van der Waals surface area contributed by atoms with Gasteiger partial charge in [-0.25, -0.2) is 4.98 Å². The zero-order chi connectivity index (χ0) is 13.9. The van der Waals surface area contributed by atoms with Crippen LogP contribution in [-0.4, -0.2) is 15.8 Å². The third-order valence-corrected chi connectivity index (χ3v) is 2.84. The molecule has 1 N–H and O–H groups in total. The number of aromatic nitrogens is 2. The fraction of sp³-hybridized carbons (Fsp3) is 0.375. The molecule has 1 heterocycles. The smallest absolute Gasteiger partial charge is 0.159 e. The van der Waals surface area contributed by atoms with E-state index in [1.165, 1.54) is 24.8 Å². The maximum Gasteiger partial charge on any atom is 0.159 e. The summed E-state index contributed by atoms with van der Waals surface area (Å²) in [6.45, 7) is 3.81. The van der Waals surface area contributed by atoms with Crippen molar-refractivity contribution in [3.05, 3.63) is 54.1 Å². The van der Waals surface area contributed by atoms with Crippen molar-refractivity contribution in [1.29, 1.82) is 0 Å². The number of hydrogen-bond donors (Lipinski definition) is 1. The number of benzene rings is 1. The zero-order valence-electron chi connectivity index (χ0n) is 11.7. The van der Waals surface area contributed by atoms with Crippen molar-refractivity contribution in [2.45, 2.75) is 39.5 Å². The van der Waals surface area contributed by atoms with Gasteiger partial charge in [0.15, 0.2) is 5.78 Å². The molecule has 0 spiro atoms. The van der Waals surface area contributed by atoms with Crippen molar-refractivity contribution in [2.75, 3.05) is 0 Å². The number of unbranched alkanes of at least 4 members (excludes halogenated alkanes) is 2. The highest BCUT2D eigenvalue weighted by atomic mass is 16.1. The van der Waals surface area contributed by atoms with Gasteiger partial charge in [0.2, 0.25) is 0 Å². The van der Waals surface area contributed by atoms with Gasteiger partial charge in [0.25, 0.3) is 0 Å². The third kappa shape index (κ3) is 6.55. The molecule has 0 bridgehead atoms. The summed E-state index contributed by atoms with van der Waals surface area (Å²) in [5.41, 5.74) is 2.15. The molecule has 0 aliphatic carbocycles. The Kier molecular flexibility index (Phi) is 7.25. The largest absolute Gasteiger partial charge is 0.351 e. The highest BCUT2D eigenvalue weighted by Gasteiger charge is 1.98. The second-order valence-electron chi connectivity index (χ2n) is 4.47. The second-order valence-corrected chi connectivity index (χ2v) is 4.47. The van der Waals surface area contributed by atoms with Crippen LogP contribution in [0.5, 0.6) is 0 Å². The molecule has 0 amide bonds. The molecule has 0 saturated carbocycles. The van der Waals surface area contributed by atoms with Crippen molar-refractivity contribution in [2.24, 2.45) is 0 Å². The Balaban J connectivity index is 0.000000300. The van der Waals surface area contributed by atoms with E-state index < -0.39 is 0 Å². The third-order valence-electron chi connectivity index (χ3n) is 2.84. The summed E-state index contributed by atoms with van der Waals surface area (Å²) in [6.07, 6.45) is 10.0. The number of imidazole rings is 1. The van der Waals surface area contributed by atoms with Gasteiger partial charge in [0.05, 0.1) is 6.33 Å². The molecule has 2 rings (SSSR count). The summed E-state index contributed by atoms with van der Waals surface area (Å²) in [7, 11) is 0. The van der Waals surface area contributed by atoms with E-state index in [0.29, 0.717) is 0 Å². The molecule has 2 aromatic rings. The van der Waals surface area contributed by atoms with Gasteiger partial charge >= 0.3 is 0 Å². The number of H-pyrrole nitrogens is 1. The average molecular weight is 258 g/mol. The molecule has 1 aromatic carbocycles. The molecule has 0 aliphatic rings. The minimum absolute atomic E-state index is 0.144. The first kappa shape index (κ1) is 15.2. The normalized spacial score (nSPS) is 9.58. The number of aryl methyl sites for hydroxylation is 1. The first-order valence-electron chi connectivity index (χ1n) is 6.76. The van der Waals surface area contributed by atoms with Crippen LogP contribution in [0.25, 0.3) is 0 Å². The fourth-order valence-corrected chi connectivity index (χ4v) is 1.70. The molecule has 3 heteroatoms. The topological polar surface area (TPSA) is 45.8 Å². The minimum atomic E-state index is 0.144. The summed E-state index contributed by atoms with van der Waals surface area (Å²) < 4.78 is 0. The van der Waals surface area contributed by atoms with Gasteiger partial charge in [-0.05, 0) is 25.3 Å². The summed E-state index contributed by atoms with van der Waals surface area (Å²) in [4.78, 5) is 17.4. The summed E-state index contributed by atoms with van der Waals surface area (Å²) >= 11 is 0. The van der Waals surface area contributed by atoms with Gasteiger partial charge in [-0.2, -0.15) is 0 Å². The van der Waals surface area contributed by atoms with Gasteiger partial charge in [-0.3, -0.25) is 4.79 Å². The molecule has 0 atom stereocenters. The minimum Gasteiger partial charge on any atom is -0.351 e. The quantitative estimate of drug-likeness (QED) is 0.650. The SMILES string of the molecule is CCCCCc1ccc(C(C)=O)cc1.c1c[nH]cn1. The molecular formula is C16H22N2O. The number of ketones is 1. The number of nitrogens with one attached hydrogen (secondary N) is 1. The van der Waals surface area contributed by atoms with Crippen molar-refractivity contribution >= 4 is 5.78 Å². The highest BCUT2D eigenvalue weighted by Crippen LogP contribution is 2.09. The maximum atomic E-state index is 11.0. The highest BCUT2D eigenvalue weighted by molar-refractivity contribution is 5.93. The maximum absolute atomic E-state index is 11.0. The fourth-order valence-electron chi connectivity index (χ4n) is 1.70. The molecular weight excluding hydrogens is 236 g/mol. The number of nitrogens with zero attached hydrogens (tertiary/aromatic N) is 1. The number of hydrogen-bond acceptors (Lipinski definition) is 2. The molecule has 0 fully saturated rings. The number of carbonyl (C=O) groups is 1. The number of Topliss-reactive ketones (excluding diaryl/α,β-unsaturated/α-hetero) is 1. The number of carbonyl (C=O) groups excluding carboxylic acids is 1. The van der Waals surface area contributed by atoms with Gasteiger partial charge in [-0.15, -0.1) is 0 Å². The summed E-state index contributed by atoms with van der Waals surface area (Å²) in [5.74, 6) is 0.144. The van der Waals surface area contributed by atoms with E-state index in [2.05, 4.69) is 29.0 Å². The predicted molar refractivity (Wildman–Crippen MR) is 78.3 cm³/mol. The van der Waals surface area contributed by atoms with Gasteiger partial charge < -0.3 is 4.98 Å². The molecule has 3 nitrogen and oxygen atoms in total. The van der Waals surface area contributed by atoms with Crippen molar-refractivity contribution in [3.63, 3.8) is 0 Å². The van der Waals surface area contributed by atoms with Crippen LogP contribution in [-0.2, 0) is 6.42 Å². The first-order chi connectivity index (χ1) is 9.24. The molecule has 0 aliphatic heterocycles. The van der Waals surface area contributed by atoms with Crippen LogP contribution in [0.3, 0.4) is 0 Å². The van der Waals surface area contributed by atoms with Crippen LogP contribution in [0.1, 0.15) is 49.0 Å². The van der Waals surface area contributed by atoms with E-state index in [4.69, 9.17) is 0 Å². The van der Waals surface area contributed by atoms with Gasteiger partial charge in [-0.1, -0.05) is 44.0 Å². The standard InChI is InChI=1S/C13H18O.C3H4N2/c1-3-4-5-6-12-7-9-13(10-8-12)11(2)14;1-2-5-3-4-1/h7-10H,3-6H2,1-2H3;1-3H,(H,4,5). The van der Waals surface area contributed by atoms with Crippen LogP contribution < -0.4 is 0 Å². The first-order valence-corrected chi connectivity index (χ1v) is 6.76. The number of aromatic amines is 1. The second kappa shape index (κ2) is 9.09. The van der Waals surface area contributed by atoms with Crippen molar-refractivity contribution in [3.8, 4) is 0 Å². The van der Waals surface area contributed by atoms with E-state index in [1.54, 1.807) is 25.6 Å². The van der Waals surface area contributed by atoms with Crippen molar-refractivity contribution < 1.29 is 4.79 Å². The van der Waals surface area contributed by atoms with E-state index in [0.717, 1.165) is 12.0 Å². The van der Waals surface area contributed by atoms with Crippen molar-refractivity contribution in [1.82, 2.24) is 9.97 Å². The molecule has 0 unspecified atom stereocenters. The Bertz CT molecular complexity index is 429. The van der Waals surface area contributed by atoms with Gasteiger partial charge in [0, 0.05) is 18.0 Å². The van der Waals surface area contributed by atoms with Crippen LogP contribution in [0, 0.1) is 0 Å². The van der Waals surface area contributed by atoms with Crippen LogP contribution in [0.2, 0.25) is 0 Å². The molecule has 19 heavy (non-hydrogen) atoms. The molecule has 1 aromatic heterocycles. The monoisotopic (exact) mass is 258 g/mol. The Hall–Kier alpha value is -1.90. The summed E-state index contributed by atoms with van der Waals surface area (Å²) in [6, 6.07) is 7.96. The lowest BCUT2D eigenvalue weighted by Crippen LogP contribution is -1.92. The molecule has 0 saturated heterocycles. The Morgan fingerprint density at radius 3 is 2.37 bits per heavy atom. The Morgan fingerprint density at radius 2 is 1.95 bits per heavy atom. The molecule has 102 valence electrons. The van der Waals surface area contributed by atoms with Gasteiger partial charge in [0.1, 0.15) is 0 Å². The van der Waals surface area contributed by atoms with E-state index in [-0.39, 0.29) is 5.78 Å². The lowest BCUT2D eigenvalue weighted by molar-refractivity contribution is 0.101. The lowest BCUT2D eigenvalue weighted by atomic mass is 10.0. The van der Waals surface area contributed by atoms with Crippen LogP contribution >= 0.6 is 0 Å². The molecule has 0 radical (unpaired) electrons. The lowest BCUT2D eigenvalue weighted by Gasteiger charge is -2.01. The summed E-state index contributed by atoms with van der Waals surface area (Å²) in [5, 5.41) is 0. The number of rotatable bonds is 5. The predicted octanol–water partition coefficient (Wildman–Crippen LogP) is 4.03.